The van der Waals surface area contributed by atoms with Crippen molar-refractivity contribution in [2.45, 2.75) is 294 Å². The number of carbonyl (C=O) groups excluding carboxylic acids is 2. The van der Waals surface area contributed by atoms with Crippen LogP contribution in [0.4, 0.5) is 0 Å². The average Bonchev–Trinajstić information content (AvgIpc) is 3.43. The van der Waals surface area contributed by atoms with Gasteiger partial charge >= 0.3 is 5.97 Å². The highest BCUT2D eigenvalue weighted by atomic mass is 16.7. The zero-order chi connectivity index (χ0) is 56.1. The number of amides is 1. The summed E-state index contributed by atoms with van der Waals surface area (Å²) in [6.07, 6.45) is 60.1. The minimum atomic E-state index is -1.62. The molecule has 1 amide bonds. The first kappa shape index (κ1) is 71.6. The first-order chi connectivity index (χ1) is 37.7. The highest BCUT2D eigenvalue weighted by Gasteiger charge is 2.47. The number of esters is 1. The van der Waals surface area contributed by atoms with Crippen LogP contribution in [0, 0.1) is 0 Å². The van der Waals surface area contributed by atoms with Crippen LogP contribution in [0.25, 0.3) is 0 Å². The molecular formula is C66H113NO10. The number of allylic oxidation sites excluding steroid dienone is 15. The Bertz CT molecular complexity index is 1620. The molecule has 1 aliphatic heterocycles. The van der Waals surface area contributed by atoms with E-state index in [9.17, 15) is 35.1 Å². The Morgan fingerprint density at radius 3 is 1.40 bits per heavy atom. The maximum absolute atomic E-state index is 13.4. The Kier molecular flexibility index (Phi) is 49.5. The molecule has 6 N–H and O–H groups in total. The van der Waals surface area contributed by atoms with Crippen LogP contribution < -0.4 is 5.32 Å². The molecule has 1 aliphatic rings. The second-order valence-electron chi connectivity index (χ2n) is 21.0. The number of nitrogens with one attached hydrogen (secondary N) is 1. The molecule has 11 heteroatoms. The summed E-state index contributed by atoms with van der Waals surface area (Å²) in [6, 6.07) is -1.04. The molecule has 0 aromatic carbocycles. The predicted molar refractivity (Wildman–Crippen MR) is 319 cm³/mol. The van der Waals surface area contributed by atoms with Crippen molar-refractivity contribution in [1.29, 1.82) is 0 Å². The molecule has 8 unspecified atom stereocenters. The van der Waals surface area contributed by atoms with Crippen molar-refractivity contribution in [2.75, 3.05) is 13.2 Å². The number of hydrogen-bond donors (Lipinski definition) is 6. The average molecular weight is 1080 g/mol. The van der Waals surface area contributed by atoms with E-state index in [0.717, 1.165) is 141 Å². The van der Waals surface area contributed by atoms with Gasteiger partial charge in [0.1, 0.15) is 24.4 Å². The summed E-state index contributed by atoms with van der Waals surface area (Å²) in [6.45, 7) is 5.55. The van der Waals surface area contributed by atoms with Crippen LogP contribution in [0.2, 0.25) is 0 Å². The third-order valence-electron chi connectivity index (χ3n) is 14.0. The topological polar surface area (TPSA) is 175 Å². The van der Waals surface area contributed by atoms with Gasteiger partial charge in [0, 0.05) is 6.42 Å². The van der Waals surface area contributed by atoms with E-state index in [1.807, 2.05) is 6.08 Å². The van der Waals surface area contributed by atoms with Crippen molar-refractivity contribution >= 4 is 11.9 Å². The van der Waals surface area contributed by atoms with Crippen molar-refractivity contribution in [3.63, 3.8) is 0 Å². The lowest BCUT2D eigenvalue weighted by Crippen LogP contribution is -2.61. The van der Waals surface area contributed by atoms with Gasteiger partial charge in [-0.2, -0.15) is 0 Å². The highest BCUT2D eigenvalue weighted by Crippen LogP contribution is 2.26. The van der Waals surface area contributed by atoms with Gasteiger partial charge in [-0.25, -0.2) is 0 Å². The minimum Gasteiger partial charge on any atom is -0.454 e. The van der Waals surface area contributed by atoms with E-state index >= 15 is 0 Å². The zero-order valence-electron chi connectivity index (χ0n) is 48.8. The molecule has 8 atom stereocenters. The molecule has 0 aliphatic carbocycles. The van der Waals surface area contributed by atoms with Gasteiger partial charge in [0.05, 0.1) is 25.4 Å². The SMILES string of the molecule is CC/C=C\C/C=C\C/C=C\C/C=C\C/C=C\CCCCCCCCC(O)C(=O)NC(COC1OC(CO)C(O)C(O)C1OC(=O)CCCCCCCCC/C=C/C/C=C/CC)C(O)/C=C/CCCCCCCCCCCC. The van der Waals surface area contributed by atoms with E-state index in [2.05, 4.69) is 111 Å². The third kappa shape index (κ3) is 41.3. The molecule has 1 fully saturated rings. The number of aliphatic hydroxyl groups excluding tert-OH is 5. The summed E-state index contributed by atoms with van der Waals surface area (Å²) in [7, 11) is 0. The number of aliphatic hydroxyl groups is 5. The predicted octanol–water partition coefficient (Wildman–Crippen LogP) is 14.7. The zero-order valence-corrected chi connectivity index (χ0v) is 48.8. The van der Waals surface area contributed by atoms with Crippen LogP contribution in [0.15, 0.2) is 97.2 Å². The molecule has 0 spiro atoms. The van der Waals surface area contributed by atoms with Crippen LogP contribution in [0.3, 0.4) is 0 Å². The molecule has 0 radical (unpaired) electrons. The smallest absolute Gasteiger partial charge is 0.306 e. The second-order valence-corrected chi connectivity index (χ2v) is 21.0. The van der Waals surface area contributed by atoms with E-state index in [0.29, 0.717) is 12.8 Å². The van der Waals surface area contributed by atoms with Crippen molar-refractivity contribution in [3.05, 3.63) is 97.2 Å². The van der Waals surface area contributed by atoms with Gasteiger partial charge in [0.25, 0.3) is 0 Å². The van der Waals surface area contributed by atoms with Gasteiger partial charge in [-0.05, 0) is 96.3 Å². The van der Waals surface area contributed by atoms with E-state index < -0.39 is 67.4 Å². The quantitative estimate of drug-likeness (QED) is 0.0195. The molecule has 1 rings (SSSR count). The lowest BCUT2D eigenvalue weighted by molar-refractivity contribution is -0.305. The molecule has 442 valence electrons. The van der Waals surface area contributed by atoms with E-state index in [-0.39, 0.29) is 19.4 Å². The number of unbranched alkanes of at least 4 members (excludes halogenated alkanes) is 23. The molecule has 77 heavy (non-hydrogen) atoms. The lowest BCUT2D eigenvalue weighted by atomic mass is 9.99. The summed E-state index contributed by atoms with van der Waals surface area (Å²) in [5, 5.41) is 57.0. The van der Waals surface area contributed by atoms with Crippen LogP contribution >= 0.6 is 0 Å². The minimum absolute atomic E-state index is 0.109. The molecule has 0 aromatic heterocycles. The van der Waals surface area contributed by atoms with Gasteiger partial charge in [-0.15, -0.1) is 0 Å². The second kappa shape index (κ2) is 53.2. The van der Waals surface area contributed by atoms with Gasteiger partial charge in [-0.1, -0.05) is 240 Å². The fourth-order valence-corrected chi connectivity index (χ4v) is 9.13. The van der Waals surface area contributed by atoms with E-state index in [4.69, 9.17) is 14.2 Å². The van der Waals surface area contributed by atoms with Gasteiger partial charge in [0.2, 0.25) is 5.91 Å². The molecule has 11 nitrogen and oxygen atoms in total. The molecule has 1 saturated heterocycles. The summed E-state index contributed by atoms with van der Waals surface area (Å²) >= 11 is 0. The monoisotopic (exact) mass is 1080 g/mol. The summed E-state index contributed by atoms with van der Waals surface area (Å²) in [5.74, 6) is -1.22. The Morgan fingerprint density at radius 2 is 0.935 bits per heavy atom. The molecule has 0 aromatic rings. The van der Waals surface area contributed by atoms with Crippen LogP contribution in [-0.4, -0.2) is 99.6 Å². The first-order valence-electron chi connectivity index (χ1n) is 31.0. The van der Waals surface area contributed by atoms with Gasteiger partial charge in [0.15, 0.2) is 12.4 Å². The standard InChI is InChI=1S/C66H113NO10/c1-4-7-10-13-16-19-22-25-27-28-29-30-31-32-33-34-35-38-41-44-47-50-53-59(70)65(74)67-57(58(69)52-49-46-43-40-37-24-21-18-15-12-9-6-3)56-75-66-64(63(73)62(72)60(55-68)76-66)77-61(71)54-51-48-45-42-39-36-26-23-20-17-14-11-8-5-2/h7-8,10-11,16-17,19-20,25,27,29-30,32-33,49,52,57-60,62-64,66,68-70,72-73H,4-6,9,12-15,18,21-24,26,28,31,34-48,50-51,53-56H2,1-3H3,(H,67,74)/b10-7-,11-8+,19-16-,20-17+,27-25-,30-29-,33-32-,52-49+. The lowest BCUT2D eigenvalue weighted by Gasteiger charge is -2.41. The summed E-state index contributed by atoms with van der Waals surface area (Å²) in [5.41, 5.74) is 0. The van der Waals surface area contributed by atoms with E-state index in [1.54, 1.807) is 6.08 Å². The van der Waals surface area contributed by atoms with Gasteiger partial charge in [-0.3, -0.25) is 9.59 Å². The number of ether oxygens (including phenoxy) is 3. The maximum Gasteiger partial charge on any atom is 0.306 e. The highest BCUT2D eigenvalue weighted by molar-refractivity contribution is 5.80. The van der Waals surface area contributed by atoms with E-state index in [1.165, 1.54) is 57.8 Å². The summed E-state index contributed by atoms with van der Waals surface area (Å²) in [4.78, 5) is 26.5. The third-order valence-corrected chi connectivity index (χ3v) is 14.0. The molecule has 0 saturated carbocycles. The maximum atomic E-state index is 13.4. The Hall–Kier alpha value is -3.42. The first-order valence-corrected chi connectivity index (χ1v) is 31.0. The Labute approximate surface area is 469 Å². The molecule has 0 bridgehead atoms. The number of carbonyl (C=O) groups is 2. The van der Waals surface area contributed by atoms with Crippen LogP contribution in [-0.2, 0) is 23.8 Å². The van der Waals surface area contributed by atoms with Crippen molar-refractivity contribution in [1.82, 2.24) is 5.32 Å². The molecular weight excluding hydrogens is 967 g/mol. The van der Waals surface area contributed by atoms with Crippen molar-refractivity contribution < 1.29 is 49.3 Å². The Morgan fingerprint density at radius 1 is 0.519 bits per heavy atom. The number of hydrogen-bond acceptors (Lipinski definition) is 10. The largest absolute Gasteiger partial charge is 0.454 e. The fourth-order valence-electron chi connectivity index (χ4n) is 9.13. The summed E-state index contributed by atoms with van der Waals surface area (Å²) < 4.78 is 17.6. The Balaban J connectivity index is 2.68. The fraction of sp³-hybridized carbons (Fsp3) is 0.727. The molecule has 1 heterocycles. The normalized spacial score (nSPS) is 19.7. The number of rotatable bonds is 51. The van der Waals surface area contributed by atoms with Crippen LogP contribution in [0.1, 0.15) is 245 Å². The van der Waals surface area contributed by atoms with Crippen molar-refractivity contribution in [2.24, 2.45) is 0 Å². The van der Waals surface area contributed by atoms with Crippen molar-refractivity contribution in [3.8, 4) is 0 Å². The van der Waals surface area contributed by atoms with Gasteiger partial charge < -0.3 is 45.1 Å². The van der Waals surface area contributed by atoms with Crippen LogP contribution in [0.5, 0.6) is 0 Å².